The van der Waals surface area contributed by atoms with Crippen LogP contribution in [0.1, 0.15) is 33.3 Å². The number of rotatable bonds is 10. The fourth-order valence-electron chi connectivity index (χ4n) is 4.18. The van der Waals surface area contributed by atoms with Gasteiger partial charge in [-0.3, -0.25) is 4.79 Å². The van der Waals surface area contributed by atoms with Crippen LogP contribution in [0.25, 0.3) is 11.1 Å². The summed E-state index contributed by atoms with van der Waals surface area (Å²) < 4.78 is 23.4. The van der Waals surface area contributed by atoms with Crippen LogP contribution in [0.4, 0.5) is 5.69 Å². The quantitative estimate of drug-likeness (QED) is 0.275. The molecule has 0 spiro atoms. The van der Waals surface area contributed by atoms with Gasteiger partial charge in [0.1, 0.15) is 5.75 Å². The number of carbonyl (C=O) groups excluding carboxylic acids is 2. The van der Waals surface area contributed by atoms with Gasteiger partial charge in [0.05, 0.1) is 33.6 Å². The van der Waals surface area contributed by atoms with Crippen molar-refractivity contribution < 1.29 is 28.5 Å². The third-order valence-corrected chi connectivity index (χ3v) is 6.01. The minimum Gasteiger partial charge on any atom is -0.497 e. The standard InChI is InChI=1S/C30H30N2O6/c1-5-38-30(34)28-27(31-29(33)22-12-9-13-23(16-22)35-2)24(19-32(28)18-20-10-7-6-8-11-20)21-14-15-25(36-3)26(17-21)37-4/h6-17,19H,5,18H2,1-4H3,(H,31,33). The lowest BCUT2D eigenvalue weighted by Crippen LogP contribution is -2.18. The molecule has 1 N–H and O–H groups in total. The van der Waals surface area contributed by atoms with Crippen molar-refractivity contribution in [2.75, 3.05) is 33.3 Å². The average Bonchev–Trinajstić information content (AvgIpc) is 3.30. The summed E-state index contributed by atoms with van der Waals surface area (Å²) in [4.78, 5) is 26.7. The van der Waals surface area contributed by atoms with E-state index in [1.54, 1.807) is 62.1 Å². The number of anilines is 1. The predicted octanol–water partition coefficient (Wildman–Crippen LogP) is 5.66. The van der Waals surface area contributed by atoms with Gasteiger partial charge >= 0.3 is 5.97 Å². The van der Waals surface area contributed by atoms with Gasteiger partial charge in [-0.1, -0.05) is 42.5 Å². The third-order valence-electron chi connectivity index (χ3n) is 6.01. The molecular weight excluding hydrogens is 484 g/mol. The molecule has 0 bridgehead atoms. The molecule has 8 nitrogen and oxygen atoms in total. The molecule has 38 heavy (non-hydrogen) atoms. The fraction of sp³-hybridized carbons (Fsp3) is 0.200. The predicted molar refractivity (Wildman–Crippen MR) is 145 cm³/mol. The van der Waals surface area contributed by atoms with Gasteiger partial charge in [-0.05, 0) is 48.4 Å². The second-order valence-electron chi connectivity index (χ2n) is 8.36. The summed E-state index contributed by atoms with van der Waals surface area (Å²) >= 11 is 0. The van der Waals surface area contributed by atoms with Gasteiger partial charge < -0.3 is 28.8 Å². The Morgan fingerprint density at radius 2 is 1.61 bits per heavy atom. The number of ether oxygens (including phenoxy) is 4. The van der Waals surface area contributed by atoms with Crippen LogP contribution in [0.3, 0.4) is 0 Å². The Balaban J connectivity index is 1.89. The van der Waals surface area contributed by atoms with Gasteiger partial charge in [-0.2, -0.15) is 0 Å². The van der Waals surface area contributed by atoms with E-state index in [0.717, 1.165) is 11.1 Å². The summed E-state index contributed by atoms with van der Waals surface area (Å²) in [5, 5.41) is 2.97. The van der Waals surface area contributed by atoms with E-state index < -0.39 is 11.9 Å². The van der Waals surface area contributed by atoms with E-state index in [2.05, 4.69) is 5.32 Å². The third kappa shape index (κ3) is 5.64. The zero-order valence-electron chi connectivity index (χ0n) is 21.8. The van der Waals surface area contributed by atoms with Gasteiger partial charge in [-0.25, -0.2) is 4.79 Å². The van der Waals surface area contributed by atoms with Crippen molar-refractivity contribution in [3.05, 3.63) is 95.8 Å². The number of amides is 1. The van der Waals surface area contributed by atoms with Crippen LogP contribution in [0.5, 0.6) is 17.2 Å². The van der Waals surface area contributed by atoms with E-state index in [4.69, 9.17) is 18.9 Å². The monoisotopic (exact) mass is 514 g/mol. The first-order valence-electron chi connectivity index (χ1n) is 12.1. The number of nitrogens with zero attached hydrogens (tertiary/aromatic N) is 1. The highest BCUT2D eigenvalue weighted by Gasteiger charge is 2.26. The molecule has 196 valence electrons. The normalized spacial score (nSPS) is 10.5. The lowest BCUT2D eigenvalue weighted by atomic mass is 10.1. The molecule has 1 amide bonds. The average molecular weight is 515 g/mol. The zero-order chi connectivity index (χ0) is 27.1. The number of hydrogen-bond donors (Lipinski definition) is 1. The van der Waals surface area contributed by atoms with Crippen LogP contribution in [-0.4, -0.2) is 44.4 Å². The molecule has 0 aliphatic carbocycles. The van der Waals surface area contributed by atoms with Crippen molar-refractivity contribution in [2.45, 2.75) is 13.5 Å². The second kappa shape index (κ2) is 12.0. The summed E-state index contributed by atoms with van der Waals surface area (Å²) in [5.74, 6) is 0.686. The van der Waals surface area contributed by atoms with Gasteiger partial charge in [0, 0.05) is 23.9 Å². The molecule has 8 heteroatoms. The fourth-order valence-corrected chi connectivity index (χ4v) is 4.18. The van der Waals surface area contributed by atoms with E-state index in [1.807, 2.05) is 42.6 Å². The van der Waals surface area contributed by atoms with Crippen LogP contribution in [-0.2, 0) is 11.3 Å². The highest BCUT2D eigenvalue weighted by molar-refractivity contribution is 6.11. The highest BCUT2D eigenvalue weighted by atomic mass is 16.5. The summed E-state index contributed by atoms with van der Waals surface area (Å²) in [5.41, 5.74) is 3.28. The maximum Gasteiger partial charge on any atom is 0.357 e. The van der Waals surface area contributed by atoms with Crippen LogP contribution in [0.15, 0.2) is 79.0 Å². The van der Waals surface area contributed by atoms with Crippen molar-refractivity contribution in [2.24, 2.45) is 0 Å². The number of methoxy groups -OCH3 is 3. The smallest absolute Gasteiger partial charge is 0.357 e. The maximum atomic E-state index is 13.4. The maximum absolute atomic E-state index is 13.4. The highest BCUT2D eigenvalue weighted by Crippen LogP contribution is 2.39. The Labute approximate surface area is 221 Å². The largest absolute Gasteiger partial charge is 0.497 e. The number of nitrogens with one attached hydrogen (secondary N) is 1. The molecule has 4 aromatic rings. The van der Waals surface area contributed by atoms with Crippen molar-refractivity contribution in [1.29, 1.82) is 0 Å². The van der Waals surface area contributed by atoms with Crippen LogP contribution < -0.4 is 19.5 Å². The summed E-state index contributed by atoms with van der Waals surface area (Å²) in [6.07, 6.45) is 1.84. The molecule has 3 aromatic carbocycles. The van der Waals surface area contributed by atoms with Crippen LogP contribution >= 0.6 is 0 Å². The van der Waals surface area contributed by atoms with E-state index >= 15 is 0 Å². The Hall–Kier alpha value is -4.72. The summed E-state index contributed by atoms with van der Waals surface area (Å²) in [6.45, 7) is 2.32. The van der Waals surface area contributed by atoms with Gasteiger partial charge in [-0.15, -0.1) is 0 Å². The number of aromatic nitrogens is 1. The molecule has 0 saturated heterocycles. The van der Waals surface area contributed by atoms with E-state index in [0.29, 0.717) is 40.6 Å². The van der Waals surface area contributed by atoms with E-state index in [1.165, 1.54) is 7.11 Å². The minimum atomic E-state index is -0.545. The molecule has 0 aliphatic heterocycles. The van der Waals surface area contributed by atoms with Gasteiger partial charge in [0.2, 0.25) is 0 Å². The molecule has 1 heterocycles. The van der Waals surface area contributed by atoms with Crippen molar-refractivity contribution >= 4 is 17.6 Å². The molecule has 0 saturated carbocycles. The molecule has 0 atom stereocenters. The lowest BCUT2D eigenvalue weighted by molar-refractivity contribution is 0.0515. The van der Waals surface area contributed by atoms with Crippen LogP contribution in [0.2, 0.25) is 0 Å². The van der Waals surface area contributed by atoms with Crippen LogP contribution in [0, 0.1) is 0 Å². The minimum absolute atomic E-state index is 0.185. The van der Waals surface area contributed by atoms with Crippen molar-refractivity contribution in [3.8, 4) is 28.4 Å². The molecule has 0 fully saturated rings. The Morgan fingerprint density at radius 1 is 0.842 bits per heavy atom. The first kappa shape index (κ1) is 26.3. The molecule has 4 rings (SSSR count). The summed E-state index contributed by atoms with van der Waals surface area (Å²) in [6, 6.07) is 22.0. The van der Waals surface area contributed by atoms with Gasteiger partial charge in [0.25, 0.3) is 5.91 Å². The lowest BCUT2D eigenvalue weighted by Gasteiger charge is -2.13. The zero-order valence-corrected chi connectivity index (χ0v) is 21.8. The number of hydrogen-bond acceptors (Lipinski definition) is 6. The number of benzene rings is 3. The Morgan fingerprint density at radius 3 is 2.29 bits per heavy atom. The van der Waals surface area contributed by atoms with Gasteiger partial charge in [0.15, 0.2) is 17.2 Å². The van der Waals surface area contributed by atoms with E-state index in [-0.39, 0.29) is 12.3 Å². The molecular formula is C30H30N2O6. The second-order valence-corrected chi connectivity index (χ2v) is 8.36. The topological polar surface area (TPSA) is 88.0 Å². The van der Waals surface area contributed by atoms with E-state index in [9.17, 15) is 9.59 Å². The summed E-state index contributed by atoms with van der Waals surface area (Å²) in [7, 11) is 4.65. The molecule has 0 aliphatic rings. The first-order valence-corrected chi connectivity index (χ1v) is 12.1. The van der Waals surface area contributed by atoms with Crippen molar-refractivity contribution in [1.82, 2.24) is 4.57 Å². The molecule has 1 aromatic heterocycles. The first-order chi connectivity index (χ1) is 18.5. The molecule has 0 unspecified atom stereocenters. The SMILES string of the molecule is CCOC(=O)c1c(NC(=O)c2cccc(OC)c2)c(-c2ccc(OC)c(OC)c2)cn1Cc1ccccc1. The number of carbonyl (C=O) groups is 2. The number of esters is 1. The Bertz CT molecular complexity index is 1430. The Kier molecular flexibility index (Phi) is 8.33. The van der Waals surface area contributed by atoms with Crippen molar-refractivity contribution in [3.63, 3.8) is 0 Å². The molecule has 0 radical (unpaired) electrons.